The second-order valence-electron chi connectivity index (χ2n) is 5.21. The van der Waals surface area contributed by atoms with Crippen LogP contribution in [0.25, 0.3) is 0 Å². The van der Waals surface area contributed by atoms with Gasteiger partial charge in [-0.2, -0.15) is 0 Å². The smallest absolute Gasteiger partial charge is 0.235 e. The zero-order chi connectivity index (χ0) is 14.6. The minimum atomic E-state index is -3.52. The van der Waals surface area contributed by atoms with E-state index in [9.17, 15) is 17.6 Å². The molecule has 0 bridgehead atoms. The van der Waals surface area contributed by atoms with Crippen molar-refractivity contribution in [1.82, 2.24) is 5.32 Å². The Morgan fingerprint density at radius 3 is 2.40 bits per heavy atom. The summed E-state index contributed by atoms with van der Waals surface area (Å²) < 4.78 is 36.6. The molecule has 4 nitrogen and oxygen atoms in total. The Balaban J connectivity index is 1.89. The van der Waals surface area contributed by atoms with E-state index in [-0.39, 0.29) is 11.8 Å². The third-order valence-electron chi connectivity index (χ3n) is 3.37. The van der Waals surface area contributed by atoms with Crippen LogP contribution in [0.1, 0.15) is 31.2 Å². The van der Waals surface area contributed by atoms with Gasteiger partial charge in [-0.05, 0) is 30.5 Å². The highest BCUT2D eigenvalue weighted by molar-refractivity contribution is 7.91. The maximum Gasteiger partial charge on any atom is 0.235 e. The largest absolute Gasteiger partial charge is 0.352 e. The van der Waals surface area contributed by atoms with Gasteiger partial charge in [0.2, 0.25) is 5.91 Å². The third-order valence-corrected chi connectivity index (χ3v) is 4.85. The molecule has 6 heteroatoms. The van der Waals surface area contributed by atoms with Crippen molar-refractivity contribution < 1.29 is 17.6 Å². The molecular formula is C14H18FNO3S. The van der Waals surface area contributed by atoms with Crippen LogP contribution in [0.2, 0.25) is 0 Å². The quantitative estimate of drug-likeness (QED) is 0.901. The SMILES string of the molecule is O=C(CS(=O)(=O)Cc1ccc(F)cc1)NC1CCCC1. The zero-order valence-corrected chi connectivity index (χ0v) is 12.0. The number of rotatable bonds is 5. The van der Waals surface area contributed by atoms with Gasteiger partial charge in [0.05, 0.1) is 5.75 Å². The van der Waals surface area contributed by atoms with Gasteiger partial charge >= 0.3 is 0 Å². The molecule has 1 N–H and O–H groups in total. The summed E-state index contributed by atoms with van der Waals surface area (Å²) in [4.78, 5) is 11.7. The van der Waals surface area contributed by atoms with E-state index >= 15 is 0 Å². The molecule has 0 spiro atoms. The highest BCUT2D eigenvalue weighted by atomic mass is 32.2. The first-order valence-electron chi connectivity index (χ1n) is 6.69. The van der Waals surface area contributed by atoms with E-state index < -0.39 is 27.3 Å². The molecule has 1 aromatic carbocycles. The molecule has 0 aromatic heterocycles. The lowest BCUT2D eigenvalue weighted by molar-refractivity contribution is -0.119. The van der Waals surface area contributed by atoms with Crippen LogP contribution < -0.4 is 5.32 Å². The molecule has 0 aliphatic heterocycles. The number of nitrogens with one attached hydrogen (secondary N) is 1. The Morgan fingerprint density at radius 2 is 1.80 bits per heavy atom. The molecule has 0 saturated heterocycles. The van der Waals surface area contributed by atoms with Crippen molar-refractivity contribution in [1.29, 1.82) is 0 Å². The molecular weight excluding hydrogens is 281 g/mol. The normalized spacial score (nSPS) is 16.2. The second-order valence-corrected chi connectivity index (χ2v) is 7.27. The van der Waals surface area contributed by atoms with Gasteiger partial charge in [0, 0.05) is 6.04 Å². The van der Waals surface area contributed by atoms with Gasteiger partial charge in [0.15, 0.2) is 9.84 Å². The van der Waals surface area contributed by atoms with Crippen LogP contribution in [0.5, 0.6) is 0 Å². The maximum absolute atomic E-state index is 12.7. The monoisotopic (exact) mass is 299 g/mol. The topological polar surface area (TPSA) is 63.2 Å². The minimum Gasteiger partial charge on any atom is -0.352 e. The number of halogens is 1. The Kier molecular flexibility index (Phi) is 4.75. The highest BCUT2D eigenvalue weighted by Crippen LogP contribution is 2.17. The molecule has 0 atom stereocenters. The number of benzene rings is 1. The summed E-state index contributed by atoms with van der Waals surface area (Å²) in [5, 5.41) is 2.75. The van der Waals surface area contributed by atoms with Crippen LogP contribution in [0.3, 0.4) is 0 Å². The van der Waals surface area contributed by atoms with E-state index in [1.54, 1.807) is 0 Å². The average Bonchev–Trinajstić information content (AvgIpc) is 2.83. The molecule has 110 valence electrons. The number of sulfone groups is 1. The molecule has 1 aromatic rings. The van der Waals surface area contributed by atoms with E-state index in [0.717, 1.165) is 25.7 Å². The lowest BCUT2D eigenvalue weighted by atomic mass is 10.2. The number of amides is 1. The van der Waals surface area contributed by atoms with Crippen LogP contribution in [-0.2, 0) is 20.4 Å². The van der Waals surface area contributed by atoms with E-state index in [0.29, 0.717) is 5.56 Å². The molecule has 1 aliphatic carbocycles. The average molecular weight is 299 g/mol. The molecule has 1 saturated carbocycles. The van der Waals surface area contributed by atoms with Gasteiger partial charge in [0.1, 0.15) is 11.6 Å². The van der Waals surface area contributed by atoms with Crippen molar-refractivity contribution in [2.24, 2.45) is 0 Å². The van der Waals surface area contributed by atoms with Crippen LogP contribution in [0.15, 0.2) is 24.3 Å². The Bertz CT molecular complexity index is 563. The van der Waals surface area contributed by atoms with Crippen LogP contribution in [-0.4, -0.2) is 26.1 Å². The summed E-state index contributed by atoms with van der Waals surface area (Å²) in [7, 11) is -3.52. The van der Waals surface area contributed by atoms with Gasteiger partial charge in [-0.3, -0.25) is 4.79 Å². The van der Waals surface area contributed by atoms with Gasteiger partial charge in [-0.15, -0.1) is 0 Å². The fourth-order valence-electron chi connectivity index (χ4n) is 2.42. The molecule has 20 heavy (non-hydrogen) atoms. The lowest BCUT2D eigenvalue weighted by Gasteiger charge is -2.12. The zero-order valence-electron chi connectivity index (χ0n) is 11.1. The van der Waals surface area contributed by atoms with Crippen molar-refractivity contribution >= 4 is 15.7 Å². The van der Waals surface area contributed by atoms with Crippen molar-refractivity contribution in [2.75, 3.05) is 5.75 Å². The molecule has 2 rings (SSSR count). The second kappa shape index (κ2) is 6.35. The molecule has 1 fully saturated rings. The molecule has 0 unspecified atom stereocenters. The van der Waals surface area contributed by atoms with Gasteiger partial charge < -0.3 is 5.32 Å². The van der Waals surface area contributed by atoms with Gasteiger partial charge in [0.25, 0.3) is 0 Å². The Morgan fingerprint density at radius 1 is 1.20 bits per heavy atom. The van der Waals surface area contributed by atoms with Gasteiger partial charge in [-0.25, -0.2) is 12.8 Å². The number of hydrogen-bond donors (Lipinski definition) is 1. The van der Waals surface area contributed by atoms with Crippen molar-refractivity contribution in [2.45, 2.75) is 37.5 Å². The first kappa shape index (κ1) is 15.0. The molecule has 0 heterocycles. The van der Waals surface area contributed by atoms with Crippen LogP contribution in [0, 0.1) is 5.82 Å². The number of carbonyl (C=O) groups is 1. The van der Waals surface area contributed by atoms with E-state index in [4.69, 9.17) is 0 Å². The maximum atomic E-state index is 12.7. The summed E-state index contributed by atoms with van der Waals surface area (Å²) in [6, 6.07) is 5.37. The first-order valence-corrected chi connectivity index (χ1v) is 8.51. The summed E-state index contributed by atoms with van der Waals surface area (Å²) in [5.41, 5.74) is 0.486. The fraction of sp³-hybridized carbons (Fsp3) is 0.500. The fourth-order valence-corrected chi connectivity index (χ4v) is 3.71. The predicted molar refractivity (Wildman–Crippen MR) is 74.3 cm³/mol. The van der Waals surface area contributed by atoms with Crippen LogP contribution >= 0.6 is 0 Å². The summed E-state index contributed by atoms with van der Waals surface area (Å²) in [6.07, 6.45) is 3.99. The van der Waals surface area contributed by atoms with Crippen molar-refractivity contribution in [3.05, 3.63) is 35.6 Å². The predicted octanol–water partition coefficient (Wildman–Crippen LogP) is 1.80. The summed E-state index contributed by atoms with van der Waals surface area (Å²) in [5.74, 6) is -1.61. The van der Waals surface area contributed by atoms with Crippen molar-refractivity contribution in [3.63, 3.8) is 0 Å². The molecule has 0 radical (unpaired) electrons. The minimum absolute atomic E-state index is 0.114. The van der Waals surface area contributed by atoms with Crippen molar-refractivity contribution in [3.8, 4) is 0 Å². The van der Waals surface area contributed by atoms with Crippen LogP contribution in [0.4, 0.5) is 4.39 Å². The highest BCUT2D eigenvalue weighted by Gasteiger charge is 2.21. The Hall–Kier alpha value is -1.43. The standard InChI is InChI=1S/C14H18FNO3S/c15-12-7-5-11(6-8-12)9-20(18,19)10-14(17)16-13-3-1-2-4-13/h5-8,13H,1-4,9-10H2,(H,16,17). The number of hydrogen-bond acceptors (Lipinski definition) is 3. The lowest BCUT2D eigenvalue weighted by Crippen LogP contribution is -2.37. The first-order chi connectivity index (χ1) is 9.44. The van der Waals surface area contributed by atoms with Gasteiger partial charge in [-0.1, -0.05) is 25.0 Å². The Labute approximate surface area is 118 Å². The van der Waals surface area contributed by atoms with E-state index in [2.05, 4.69) is 5.32 Å². The van der Waals surface area contributed by atoms with E-state index in [1.807, 2.05) is 0 Å². The van der Waals surface area contributed by atoms with E-state index in [1.165, 1.54) is 24.3 Å². The summed E-state index contributed by atoms with van der Waals surface area (Å²) >= 11 is 0. The molecule has 1 amide bonds. The third kappa shape index (κ3) is 4.59. The summed E-state index contributed by atoms with van der Waals surface area (Å²) in [6.45, 7) is 0. The number of carbonyl (C=O) groups excluding carboxylic acids is 1. The molecule has 1 aliphatic rings.